The van der Waals surface area contributed by atoms with E-state index in [1.165, 1.54) is 28.6 Å². The molecule has 0 unspecified atom stereocenters. The summed E-state index contributed by atoms with van der Waals surface area (Å²) >= 11 is 2.96. The molecular weight excluding hydrogens is 382 g/mol. The zero-order valence-electron chi connectivity index (χ0n) is 16.2. The number of nitrogens with one attached hydrogen (secondary N) is 1. The lowest BCUT2D eigenvalue weighted by molar-refractivity contribution is -0.118. The van der Waals surface area contributed by atoms with E-state index in [-0.39, 0.29) is 17.2 Å². The van der Waals surface area contributed by atoms with E-state index in [1.54, 1.807) is 23.0 Å². The monoisotopic (exact) mass is 409 g/mol. The maximum absolute atomic E-state index is 13.2. The van der Waals surface area contributed by atoms with Crippen molar-refractivity contribution in [3.8, 4) is 0 Å². The lowest BCUT2D eigenvalue weighted by Crippen LogP contribution is -2.30. The molecule has 2 aromatic heterocycles. The van der Waals surface area contributed by atoms with E-state index in [4.69, 9.17) is 9.72 Å². The zero-order valence-corrected chi connectivity index (χ0v) is 17.8. The van der Waals surface area contributed by atoms with Crippen LogP contribution in [0.15, 0.2) is 9.95 Å². The number of aryl methyl sites for hydroxylation is 2. The van der Waals surface area contributed by atoms with Crippen molar-refractivity contribution in [1.82, 2.24) is 14.9 Å². The summed E-state index contributed by atoms with van der Waals surface area (Å²) in [5, 5.41) is 4.29. The van der Waals surface area contributed by atoms with Crippen LogP contribution in [0, 0.1) is 5.92 Å². The molecule has 1 N–H and O–H groups in total. The van der Waals surface area contributed by atoms with Gasteiger partial charge < -0.3 is 10.1 Å². The van der Waals surface area contributed by atoms with Crippen LogP contribution < -0.4 is 10.9 Å². The molecule has 2 aromatic rings. The summed E-state index contributed by atoms with van der Waals surface area (Å²) in [7, 11) is 1.62. The SMILES string of the molecule is COCCn1c(SCC(=O)NCC(C)C)nc2sc3c(c2c1=O)CCCC3. The van der Waals surface area contributed by atoms with Crippen LogP contribution in [-0.2, 0) is 28.9 Å². The Morgan fingerprint density at radius 2 is 2.15 bits per heavy atom. The smallest absolute Gasteiger partial charge is 0.263 e. The molecule has 0 spiro atoms. The third-order valence-corrected chi connectivity index (χ3v) is 6.76. The van der Waals surface area contributed by atoms with E-state index in [1.807, 2.05) is 0 Å². The van der Waals surface area contributed by atoms with Crippen molar-refractivity contribution in [1.29, 1.82) is 0 Å². The fourth-order valence-corrected chi connectivity index (χ4v) is 5.37. The van der Waals surface area contributed by atoms with Crippen molar-refractivity contribution in [2.45, 2.75) is 51.2 Å². The van der Waals surface area contributed by atoms with E-state index >= 15 is 0 Å². The van der Waals surface area contributed by atoms with Gasteiger partial charge >= 0.3 is 0 Å². The molecule has 0 aliphatic heterocycles. The number of ether oxygens (including phenoxy) is 1. The van der Waals surface area contributed by atoms with Gasteiger partial charge in [0.1, 0.15) is 4.83 Å². The second-order valence-electron chi connectivity index (χ2n) is 7.22. The normalized spacial score (nSPS) is 13.9. The molecule has 0 radical (unpaired) electrons. The summed E-state index contributed by atoms with van der Waals surface area (Å²) in [5.74, 6) is 0.625. The largest absolute Gasteiger partial charge is 0.383 e. The first kappa shape index (κ1) is 20.4. The molecule has 1 aliphatic rings. The van der Waals surface area contributed by atoms with Crippen LogP contribution in [0.2, 0.25) is 0 Å². The highest BCUT2D eigenvalue weighted by Gasteiger charge is 2.22. The Bertz CT molecular complexity index is 873. The molecule has 6 nitrogen and oxygen atoms in total. The number of carbonyl (C=O) groups is 1. The van der Waals surface area contributed by atoms with Gasteiger partial charge in [-0.2, -0.15) is 0 Å². The van der Waals surface area contributed by atoms with Gasteiger partial charge in [-0.05, 0) is 37.2 Å². The molecule has 3 rings (SSSR count). The van der Waals surface area contributed by atoms with Crippen molar-refractivity contribution in [3.05, 3.63) is 20.8 Å². The van der Waals surface area contributed by atoms with Crippen LogP contribution in [0.1, 0.15) is 37.1 Å². The number of amides is 1. The Balaban J connectivity index is 1.90. The number of hydrogen-bond acceptors (Lipinski definition) is 6. The maximum atomic E-state index is 13.2. The third-order valence-electron chi connectivity index (χ3n) is 4.60. The second-order valence-corrected chi connectivity index (χ2v) is 9.25. The first-order valence-electron chi connectivity index (χ1n) is 9.44. The molecule has 8 heteroatoms. The predicted octanol–water partition coefficient (Wildman–Crippen LogP) is 2.85. The van der Waals surface area contributed by atoms with Gasteiger partial charge in [-0.3, -0.25) is 14.2 Å². The topological polar surface area (TPSA) is 73.2 Å². The Morgan fingerprint density at radius 3 is 2.89 bits per heavy atom. The van der Waals surface area contributed by atoms with Gasteiger partial charge in [0.05, 0.1) is 24.3 Å². The minimum atomic E-state index is -0.0354. The predicted molar refractivity (Wildman–Crippen MR) is 111 cm³/mol. The summed E-state index contributed by atoms with van der Waals surface area (Å²) in [6, 6.07) is 0. The molecular formula is C19H27N3O3S2. The summed E-state index contributed by atoms with van der Waals surface area (Å²) < 4.78 is 6.85. The number of thiophene rings is 1. The lowest BCUT2D eigenvalue weighted by atomic mass is 9.97. The average molecular weight is 410 g/mol. The molecule has 0 atom stereocenters. The van der Waals surface area contributed by atoms with E-state index in [9.17, 15) is 9.59 Å². The Kier molecular flexibility index (Phi) is 6.94. The fourth-order valence-electron chi connectivity index (χ4n) is 3.21. The van der Waals surface area contributed by atoms with Gasteiger partial charge in [0.2, 0.25) is 5.91 Å². The fraction of sp³-hybridized carbons (Fsp3) is 0.632. The van der Waals surface area contributed by atoms with Gasteiger partial charge in [-0.15, -0.1) is 11.3 Å². The third kappa shape index (κ3) is 4.73. The molecule has 27 heavy (non-hydrogen) atoms. The van der Waals surface area contributed by atoms with Crippen LogP contribution in [0.4, 0.5) is 0 Å². The molecule has 2 heterocycles. The molecule has 0 bridgehead atoms. The summed E-state index contributed by atoms with van der Waals surface area (Å²) in [6.07, 6.45) is 4.30. The van der Waals surface area contributed by atoms with Crippen LogP contribution in [0.5, 0.6) is 0 Å². The number of nitrogens with zero attached hydrogens (tertiary/aromatic N) is 2. The average Bonchev–Trinajstić information content (AvgIpc) is 3.02. The number of methoxy groups -OCH3 is 1. The number of fused-ring (bicyclic) bond motifs is 3. The Hall–Kier alpha value is -1.38. The Labute approximate surface area is 167 Å². The zero-order chi connectivity index (χ0) is 19.4. The number of hydrogen-bond donors (Lipinski definition) is 1. The van der Waals surface area contributed by atoms with E-state index in [0.29, 0.717) is 30.8 Å². The molecule has 0 fully saturated rings. The van der Waals surface area contributed by atoms with Crippen LogP contribution >= 0.6 is 23.1 Å². The minimum absolute atomic E-state index is 0.00142. The summed E-state index contributed by atoms with van der Waals surface area (Å²) in [6.45, 7) is 5.65. The van der Waals surface area contributed by atoms with Crippen molar-refractivity contribution >= 4 is 39.2 Å². The number of thioether (sulfide) groups is 1. The highest BCUT2D eigenvalue weighted by molar-refractivity contribution is 7.99. The maximum Gasteiger partial charge on any atom is 0.263 e. The van der Waals surface area contributed by atoms with Gasteiger partial charge in [-0.25, -0.2) is 4.98 Å². The number of carbonyl (C=O) groups excluding carboxylic acids is 1. The molecule has 148 valence electrons. The minimum Gasteiger partial charge on any atom is -0.383 e. The first-order valence-corrected chi connectivity index (χ1v) is 11.2. The Morgan fingerprint density at radius 1 is 1.37 bits per heavy atom. The lowest BCUT2D eigenvalue weighted by Gasteiger charge is -2.13. The van der Waals surface area contributed by atoms with Crippen molar-refractivity contribution in [2.24, 2.45) is 5.92 Å². The van der Waals surface area contributed by atoms with Crippen LogP contribution in [0.25, 0.3) is 10.2 Å². The van der Waals surface area contributed by atoms with Gasteiger partial charge in [0.15, 0.2) is 5.16 Å². The van der Waals surface area contributed by atoms with E-state index < -0.39 is 0 Å². The molecule has 1 amide bonds. The molecule has 0 saturated carbocycles. The summed E-state index contributed by atoms with van der Waals surface area (Å²) in [5.41, 5.74) is 1.19. The first-order chi connectivity index (χ1) is 13.0. The van der Waals surface area contributed by atoms with Gasteiger partial charge in [-0.1, -0.05) is 25.6 Å². The standard InChI is InChI=1S/C19H27N3O3S2/c1-12(2)10-20-15(23)11-26-19-21-17-16(18(24)22(19)8-9-25-3)13-6-4-5-7-14(13)27-17/h12H,4-11H2,1-3H3,(H,20,23). The van der Waals surface area contributed by atoms with Crippen molar-refractivity contribution < 1.29 is 9.53 Å². The molecule has 0 aromatic carbocycles. The van der Waals surface area contributed by atoms with Crippen molar-refractivity contribution in [2.75, 3.05) is 26.0 Å². The van der Waals surface area contributed by atoms with Crippen LogP contribution in [-0.4, -0.2) is 41.5 Å². The molecule has 0 saturated heterocycles. The van der Waals surface area contributed by atoms with Gasteiger partial charge in [0.25, 0.3) is 5.56 Å². The molecule has 1 aliphatic carbocycles. The highest BCUT2D eigenvalue weighted by Crippen LogP contribution is 2.34. The van der Waals surface area contributed by atoms with E-state index in [0.717, 1.165) is 29.5 Å². The second kappa shape index (κ2) is 9.21. The van der Waals surface area contributed by atoms with Gasteiger partial charge in [0, 0.05) is 18.5 Å². The quantitative estimate of drug-likeness (QED) is 0.536. The van der Waals surface area contributed by atoms with Crippen LogP contribution in [0.3, 0.4) is 0 Å². The van der Waals surface area contributed by atoms with E-state index in [2.05, 4.69) is 19.2 Å². The van der Waals surface area contributed by atoms with Crippen molar-refractivity contribution in [3.63, 3.8) is 0 Å². The summed E-state index contributed by atoms with van der Waals surface area (Å²) in [4.78, 5) is 32.2. The number of aromatic nitrogens is 2. The highest BCUT2D eigenvalue weighted by atomic mass is 32.2. The number of rotatable bonds is 8.